The van der Waals surface area contributed by atoms with Gasteiger partial charge in [0.2, 0.25) is 0 Å². The molecule has 4 heteroatoms. The third-order valence-corrected chi connectivity index (χ3v) is 3.51. The summed E-state index contributed by atoms with van der Waals surface area (Å²) in [4.78, 5) is 4.36. The van der Waals surface area contributed by atoms with E-state index in [9.17, 15) is 0 Å². The molecular formula is C14H11BrN2O. The van der Waals surface area contributed by atoms with Crippen molar-refractivity contribution in [1.82, 2.24) is 4.98 Å². The average Bonchev–Trinajstić information content (AvgIpc) is 2.84. The Morgan fingerprint density at radius 2 is 2.11 bits per heavy atom. The molecule has 90 valence electrons. The summed E-state index contributed by atoms with van der Waals surface area (Å²) in [5, 5.41) is 1.05. The van der Waals surface area contributed by atoms with Crippen molar-refractivity contribution in [2.24, 2.45) is 5.73 Å². The lowest BCUT2D eigenvalue weighted by atomic mass is 10.2. The first-order valence-corrected chi connectivity index (χ1v) is 6.40. The molecule has 0 unspecified atom stereocenters. The van der Waals surface area contributed by atoms with Gasteiger partial charge >= 0.3 is 0 Å². The highest BCUT2D eigenvalue weighted by Crippen LogP contribution is 2.31. The summed E-state index contributed by atoms with van der Waals surface area (Å²) in [5.74, 6) is 0.764. The highest BCUT2D eigenvalue weighted by Gasteiger charge is 2.09. The number of fused-ring (bicyclic) bond motifs is 1. The van der Waals surface area contributed by atoms with E-state index in [0.717, 1.165) is 32.5 Å². The fourth-order valence-corrected chi connectivity index (χ4v) is 2.31. The third-order valence-electron chi connectivity index (χ3n) is 2.82. The van der Waals surface area contributed by atoms with Crippen LogP contribution < -0.4 is 5.73 Å². The molecule has 3 nitrogen and oxygen atoms in total. The largest absolute Gasteiger partial charge is 0.454 e. The van der Waals surface area contributed by atoms with Crippen LogP contribution in [0.1, 0.15) is 5.56 Å². The Balaban J connectivity index is 2.10. The standard InChI is InChI=1S/C14H11BrN2O/c15-11-2-1-3-13-10(11)6-14(18-13)12-5-4-9(7-16)8-17-12/h1-6,8H,7,16H2. The number of rotatable bonds is 2. The van der Waals surface area contributed by atoms with Crippen LogP contribution in [0.4, 0.5) is 0 Å². The molecule has 2 N–H and O–H groups in total. The number of nitrogens with zero attached hydrogens (tertiary/aromatic N) is 1. The van der Waals surface area contributed by atoms with Gasteiger partial charge in [-0.15, -0.1) is 0 Å². The SMILES string of the molecule is NCc1ccc(-c2cc3c(Br)cccc3o2)nc1. The minimum Gasteiger partial charge on any atom is -0.454 e. The molecule has 3 rings (SSSR count). The Morgan fingerprint density at radius 1 is 1.22 bits per heavy atom. The van der Waals surface area contributed by atoms with Crippen LogP contribution in [0, 0.1) is 0 Å². The lowest BCUT2D eigenvalue weighted by Crippen LogP contribution is -1.96. The summed E-state index contributed by atoms with van der Waals surface area (Å²) >= 11 is 3.51. The van der Waals surface area contributed by atoms with Crippen molar-refractivity contribution in [1.29, 1.82) is 0 Å². The molecule has 2 aromatic heterocycles. The molecule has 2 heterocycles. The Labute approximate surface area is 113 Å². The molecular weight excluding hydrogens is 292 g/mol. The molecule has 0 aliphatic heterocycles. The summed E-state index contributed by atoms with van der Waals surface area (Å²) < 4.78 is 6.81. The van der Waals surface area contributed by atoms with Crippen LogP contribution in [0.25, 0.3) is 22.4 Å². The molecule has 0 saturated heterocycles. The molecule has 0 atom stereocenters. The summed E-state index contributed by atoms with van der Waals surface area (Å²) in [6.45, 7) is 0.499. The zero-order chi connectivity index (χ0) is 12.5. The Morgan fingerprint density at radius 3 is 2.78 bits per heavy atom. The van der Waals surface area contributed by atoms with Crippen LogP contribution in [0.2, 0.25) is 0 Å². The van der Waals surface area contributed by atoms with E-state index >= 15 is 0 Å². The van der Waals surface area contributed by atoms with E-state index in [2.05, 4.69) is 20.9 Å². The van der Waals surface area contributed by atoms with Gasteiger partial charge in [0.1, 0.15) is 11.3 Å². The summed E-state index contributed by atoms with van der Waals surface area (Å²) in [5.41, 5.74) is 8.23. The number of hydrogen-bond acceptors (Lipinski definition) is 3. The Kier molecular flexibility index (Phi) is 2.89. The fourth-order valence-electron chi connectivity index (χ4n) is 1.84. The number of pyridine rings is 1. The van der Waals surface area contributed by atoms with E-state index in [1.54, 1.807) is 6.20 Å². The van der Waals surface area contributed by atoms with E-state index < -0.39 is 0 Å². The molecule has 0 aliphatic rings. The average molecular weight is 303 g/mol. The van der Waals surface area contributed by atoms with Crippen molar-refractivity contribution in [2.45, 2.75) is 6.54 Å². The predicted octanol–water partition coefficient (Wildman–Crippen LogP) is 3.72. The summed E-state index contributed by atoms with van der Waals surface area (Å²) in [6, 6.07) is 11.8. The van der Waals surface area contributed by atoms with Crippen LogP contribution >= 0.6 is 15.9 Å². The molecule has 0 fully saturated rings. The van der Waals surface area contributed by atoms with Gasteiger partial charge in [-0.2, -0.15) is 0 Å². The third kappa shape index (κ3) is 1.94. The van der Waals surface area contributed by atoms with Gasteiger partial charge < -0.3 is 10.2 Å². The number of furan rings is 1. The number of aromatic nitrogens is 1. The lowest BCUT2D eigenvalue weighted by molar-refractivity contribution is 0.628. The number of benzene rings is 1. The van der Waals surface area contributed by atoms with E-state index in [0.29, 0.717) is 6.54 Å². The van der Waals surface area contributed by atoms with E-state index in [1.165, 1.54) is 0 Å². The lowest BCUT2D eigenvalue weighted by Gasteiger charge is -1.97. The molecule has 18 heavy (non-hydrogen) atoms. The second-order valence-electron chi connectivity index (χ2n) is 4.02. The smallest absolute Gasteiger partial charge is 0.153 e. The molecule has 0 saturated carbocycles. The van der Waals surface area contributed by atoms with Gasteiger partial charge in [0.15, 0.2) is 5.76 Å². The van der Waals surface area contributed by atoms with Crippen molar-refractivity contribution in [2.75, 3.05) is 0 Å². The minimum absolute atomic E-state index is 0.499. The second-order valence-corrected chi connectivity index (χ2v) is 4.87. The first kappa shape index (κ1) is 11.4. The van der Waals surface area contributed by atoms with Crippen LogP contribution in [0.15, 0.2) is 51.5 Å². The number of halogens is 1. The maximum Gasteiger partial charge on any atom is 0.153 e. The maximum atomic E-state index is 5.78. The zero-order valence-corrected chi connectivity index (χ0v) is 11.1. The summed E-state index contributed by atoms with van der Waals surface area (Å²) in [6.07, 6.45) is 1.78. The van der Waals surface area contributed by atoms with E-state index in [-0.39, 0.29) is 0 Å². The van der Waals surface area contributed by atoms with Crippen molar-refractivity contribution in [3.05, 3.63) is 52.6 Å². The van der Waals surface area contributed by atoms with Crippen molar-refractivity contribution in [3.8, 4) is 11.5 Å². The quantitative estimate of drug-likeness (QED) is 0.785. The van der Waals surface area contributed by atoms with Crippen molar-refractivity contribution in [3.63, 3.8) is 0 Å². The minimum atomic E-state index is 0.499. The molecule has 0 amide bonds. The fraction of sp³-hybridized carbons (Fsp3) is 0.0714. The first-order valence-electron chi connectivity index (χ1n) is 5.61. The maximum absolute atomic E-state index is 5.78. The highest BCUT2D eigenvalue weighted by atomic mass is 79.9. The van der Waals surface area contributed by atoms with Gasteiger partial charge in [0.25, 0.3) is 0 Å². The van der Waals surface area contributed by atoms with E-state index in [1.807, 2.05) is 36.4 Å². The molecule has 0 radical (unpaired) electrons. The highest BCUT2D eigenvalue weighted by molar-refractivity contribution is 9.10. The normalized spacial score (nSPS) is 11.0. The van der Waals surface area contributed by atoms with Crippen LogP contribution in [-0.2, 0) is 6.54 Å². The number of nitrogens with two attached hydrogens (primary N) is 1. The monoisotopic (exact) mass is 302 g/mol. The van der Waals surface area contributed by atoms with Crippen molar-refractivity contribution < 1.29 is 4.42 Å². The second kappa shape index (κ2) is 4.55. The van der Waals surface area contributed by atoms with Crippen LogP contribution in [-0.4, -0.2) is 4.98 Å². The Bertz CT molecular complexity index is 689. The molecule has 0 spiro atoms. The van der Waals surface area contributed by atoms with Gasteiger partial charge in [-0.1, -0.05) is 28.1 Å². The first-order chi connectivity index (χ1) is 8.78. The predicted molar refractivity (Wildman–Crippen MR) is 75.0 cm³/mol. The van der Waals surface area contributed by atoms with Gasteiger partial charge in [0, 0.05) is 22.6 Å². The zero-order valence-electron chi connectivity index (χ0n) is 9.56. The van der Waals surface area contributed by atoms with Crippen molar-refractivity contribution >= 4 is 26.9 Å². The molecule has 1 aromatic carbocycles. The van der Waals surface area contributed by atoms with Gasteiger partial charge in [0.05, 0.1) is 0 Å². The number of hydrogen-bond donors (Lipinski definition) is 1. The molecule has 0 bridgehead atoms. The van der Waals surface area contributed by atoms with Crippen LogP contribution in [0.3, 0.4) is 0 Å². The Hall–Kier alpha value is -1.65. The molecule has 0 aliphatic carbocycles. The molecule has 3 aromatic rings. The van der Waals surface area contributed by atoms with E-state index in [4.69, 9.17) is 10.2 Å². The summed E-state index contributed by atoms with van der Waals surface area (Å²) in [7, 11) is 0. The van der Waals surface area contributed by atoms with Gasteiger partial charge in [-0.25, -0.2) is 0 Å². The van der Waals surface area contributed by atoms with Gasteiger partial charge in [-0.3, -0.25) is 4.98 Å². The topological polar surface area (TPSA) is 52.0 Å². The van der Waals surface area contributed by atoms with Crippen LogP contribution in [0.5, 0.6) is 0 Å². The van der Waals surface area contributed by atoms with Gasteiger partial charge in [-0.05, 0) is 29.8 Å².